The van der Waals surface area contributed by atoms with Crippen molar-refractivity contribution in [3.05, 3.63) is 102 Å². The summed E-state index contributed by atoms with van der Waals surface area (Å²) in [5.41, 5.74) is 5.31. The number of sulfonamides is 1. The molecular weight excluding hydrogens is 573 g/mol. The van der Waals surface area contributed by atoms with Crippen molar-refractivity contribution in [2.75, 3.05) is 26.2 Å². The van der Waals surface area contributed by atoms with Gasteiger partial charge < -0.3 is 4.74 Å². The van der Waals surface area contributed by atoms with Crippen LogP contribution in [-0.4, -0.2) is 66.7 Å². The molecule has 2 heterocycles. The predicted octanol–water partition coefficient (Wildman–Crippen LogP) is 3.58. The van der Waals surface area contributed by atoms with Crippen LogP contribution >= 0.6 is 0 Å². The zero-order valence-electron chi connectivity index (χ0n) is 23.7. The van der Waals surface area contributed by atoms with Gasteiger partial charge in [0.25, 0.3) is 0 Å². The number of nitrogens with one attached hydrogen (secondary N) is 2. The molecule has 12 heteroatoms. The highest BCUT2D eigenvalue weighted by atomic mass is 32.2. The summed E-state index contributed by atoms with van der Waals surface area (Å²) in [5.74, 6) is -0.489. The highest BCUT2D eigenvalue weighted by molar-refractivity contribution is 7.89. The third-order valence-electron chi connectivity index (χ3n) is 7.42. The van der Waals surface area contributed by atoms with Gasteiger partial charge in [-0.2, -0.15) is 4.72 Å². The second-order valence-electron chi connectivity index (χ2n) is 10.5. The van der Waals surface area contributed by atoms with E-state index in [2.05, 4.69) is 14.6 Å². The summed E-state index contributed by atoms with van der Waals surface area (Å²) in [7, 11) is -4.01. The largest absolute Gasteiger partial charge is 0.489 e. The number of carbonyl (C=O) groups excluding carboxylic acids is 1. The van der Waals surface area contributed by atoms with Crippen LogP contribution in [0.1, 0.15) is 23.2 Å². The van der Waals surface area contributed by atoms with Crippen LogP contribution in [0, 0.1) is 12.7 Å². The molecule has 1 amide bonds. The van der Waals surface area contributed by atoms with E-state index in [1.807, 2.05) is 42.2 Å². The molecule has 1 atom stereocenters. The number of amides is 1. The number of hydrogen-bond acceptors (Lipinski definition) is 8. The highest BCUT2D eigenvalue weighted by Crippen LogP contribution is 2.22. The van der Waals surface area contributed by atoms with Crippen LogP contribution in [0.25, 0.3) is 10.9 Å². The molecule has 43 heavy (non-hydrogen) atoms. The predicted molar refractivity (Wildman–Crippen MR) is 159 cm³/mol. The number of pyridine rings is 1. The molecule has 1 aliphatic heterocycles. The van der Waals surface area contributed by atoms with Gasteiger partial charge in [-0.25, -0.2) is 18.3 Å². The lowest BCUT2D eigenvalue weighted by molar-refractivity contribution is -0.130. The average molecular weight is 608 g/mol. The summed E-state index contributed by atoms with van der Waals surface area (Å²) < 4.78 is 48.5. The molecule has 0 radical (unpaired) electrons. The van der Waals surface area contributed by atoms with Crippen molar-refractivity contribution in [1.82, 2.24) is 25.0 Å². The normalized spacial score (nSPS) is 15.3. The lowest BCUT2D eigenvalue weighted by Crippen LogP contribution is -2.56. The minimum Gasteiger partial charge on any atom is -0.489 e. The molecule has 0 bridgehead atoms. The van der Waals surface area contributed by atoms with E-state index >= 15 is 0 Å². The fourth-order valence-electron chi connectivity index (χ4n) is 5.19. The number of aryl methyl sites for hydroxylation is 1. The van der Waals surface area contributed by atoms with Crippen molar-refractivity contribution in [3.63, 3.8) is 0 Å². The Labute approximate surface area is 250 Å². The highest BCUT2D eigenvalue weighted by Gasteiger charge is 2.30. The molecule has 10 nitrogen and oxygen atoms in total. The molecule has 1 aliphatic rings. The van der Waals surface area contributed by atoms with Gasteiger partial charge >= 0.3 is 0 Å². The van der Waals surface area contributed by atoms with Crippen LogP contribution in [-0.2, 0) is 28.0 Å². The Bertz CT molecular complexity index is 1660. The van der Waals surface area contributed by atoms with Crippen LogP contribution in [0.2, 0.25) is 0 Å². The van der Waals surface area contributed by atoms with Crippen LogP contribution < -0.4 is 14.9 Å². The molecule has 4 aromatic rings. The van der Waals surface area contributed by atoms with Crippen molar-refractivity contribution in [2.24, 2.45) is 0 Å². The maximum absolute atomic E-state index is 13.3. The van der Waals surface area contributed by atoms with E-state index < -0.39 is 22.1 Å². The molecule has 1 fully saturated rings. The van der Waals surface area contributed by atoms with Gasteiger partial charge in [-0.15, -0.1) is 0 Å². The van der Waals surface area contributed by atoms with Crippen molar-refractivity contribution in [2.45, 2.75) is 37.6 Å². The lowest BCUT2D eigenvalue weighted by atomic mass is 10.1. The number of hydroxylamine groups is 1. The number of fused-ring (bicyclic) bond motifs is 1. The fourth-order valence-corrected chi connectivity index (χ4v) is 6.41. The minimum absolute atomic E-state index is 0.0226. The number of nitrogens with zero attached hydrogens (tertiary/aromatic N) is 3. The number of benzene rings is 3. The number of carbonyl (C=O) groups is 1. The Morgan fingerprint density at radius 3 is 2.42 bits per heavy atom. The molecule has 0 aliphatic carbocycles. The smallest absolute Gasteiger partial charge is 0.246 e. The van der Waals surface area contributed by atoms with Crippen LogP contribution in [0.4, 0.5) is 4.39 Å². The molecule has 1 saturated heterocycles. The van der Waals surface area contributed by atoms with E-state index in [1.165, 1.54) is 24.3 Å². The van der Waals surface area contributed by atoms with Crippen molar-refractivity contribution in [3.8, 4) is 5.75 Å². The van der Waals surface area contributed by atoms with E-state index in [9.17, 15) is 17.6 Å². The van der Waals surface area contributed by atoms with Crippen molar-refractivity contribution >= 4 is 26.8 Å². The summed E-state index contributed by atoms with van der Waals surface area (Å²) in [6.07, 6.45) is -1.14. The summed E-state index contributed by atoms with van der Waals surface area (Å²) in [6.45, 7) is 5.07. The topological polar surface area (TPSA) is 124 Å². The number of halogens is 1. The summed E-state index contributed by atoms with van der Waals surface area (Å²) in [4.78, 5) is 20.7. The summed E-state index contributed by atoms with van der Waals surface area (Å²) in [6, 6.07) is 22.2. The van der Waals surface area contributed by atoms with Crippen LogP contribution in [0.3, 0.4) is 0 Å². The number of hydrogen-bond donors (Lipinski definition) is 3. The van der Waals surface area contributed by atoms with E-state index in [4.69, 9.17) is 9.94 Å². The van der Waals surface area contributed by atoms with Gasteiger partial charge in [-0.05, 0) is 61.0 Å². The first-order valence-electron chi connectivity index (χ1n) is 13.9. The Morgan fingerprint density at radius 1 is 1.02 bits per heavy atom. The first-order valence-corrected chi connectivity index (χ1v) is 15.4. The maximum atomic E-state index is 13.3. The van der Waals surface area contributed by atoms with E-state index in [1.54, 1.807) is 29.7 Å². The van der Waals surface area contributed by atoms with E-state index in [0.717, 1.165) is 27.7 Å². The molecular formula is C31H34FN5O5S. The maximum Gasteiger partial charge on any atom is 0.246 e. The quantitative estimate of drug-likeness (QED) is 0.175. The first kappa shape index (κ1) is 30.5. The fraction of sp³-hybridized carbons (Fsp3) is 0.290. The Balaban J connectivity index is 1.22. The van der Waals surface area contributed by atoms with Gasteiger partial charge in [-0.3, -0.25) is 24.8 Å². The Morgan fingerprint density at radius 2 is 1.72 bits per heavy atom. The molecule has 0 saturated carbocycles. The minimum atomic E-state index is -4.01. The molecule has 226 valence electrons. The molecule has 0 spiro atoms. The summed E-state index contributed by atoms with van der Waals surface area (Å²) in [5, 5.41) is 10.1. The molecule has 3 N–H and O–H groups in total. The van der Waals surface area contributed by atoms with Gasteiger partial charge in [0, 0.05) is 49.4 Å². The average Bonchev–Trinajstić information content (AvgIpc) is 3.01. The third-order valence-corrected chi connectivity index (χ3v) is 8.90. The second kappa shape index (κ2) is 13.6. The molecule has 0 unspecified atom stereocenters. The van der Waals surface area contributed by atoms with Crippen LogP contribution in [0.5, 0.6) is 5.75 Å². The lowest BCUT2D eigenvalue weighted by Gasteiger charge is -2.39. The molecule has 3 aromatic carbocycles. The first-order chi connectivity index (χ1) is 20.7. The van der Waals surface area contributed by atoms with Gasteiger partial charge in [0.2, 0.25) is 15.9 Å². The summed E-state index contributed by atoms with van der Waals surface area (Å²) >= 11 is 0. The van der Waals surface area contributed by atoms with Crippen LogP contribution in [0.15, 0.2) is 83.8 Å². The number of rotatable bonds is 11. The second-order valence-corrected chi connectivity index (χ2v) is 12.2. The van der Waals surface area contributed by atoms with Gasteiger partial charge in [-0.1, -0.05) is 30.3 Å². The number of para-hydroxylation sites is 1. The number of ether oxygens (including phenoxy) is 1. The van der Waals surface area contributed by atoms with E-state index in [-0.39, 0.29) is 17.1 Å². The Hall–Kier alpha value is -3.94. The zero-order chi connectivity index (χ0) is 30.4. The number of aromatic nitrogens is 1. The number of piperazine rings is 1. The molecule has 1 aromatic heterocycles. The van der Waals surface area contributed by atoms with Crippen molar-refractivity contribution in [1.29, 1.82) is 0 Å². The van der Waals surface area contributed by atoms with E-state index in [0.29, 0.717) is 45.1 Å². The van der Waals surface area contributed by atoms with Gasteiger partial charge in [0.1, 0.15) is 18.2 Å². The molecule has 5 rings (SSSR count). The monoisotopic (exact) mass is 607 g/mol. The zero-order valence-corrected chi connectivity index (χ0v) is 24.6. The van der Waals surface area contributed by atoms with Gasteiger partial charge in [0.15, 0.2) is 0 Å². The Kier molecular flexibility index (Phi) is 9.63. The third kappa shape index (κ3) is 7.92. The SMILES string of the molecule is Cc1cc(COc2ccc(S(=O)(=O)N[C@@H](CC(=O)NO)N3CCN(Cc4ccc(F)cc4)CC3)cc2)c2ccccc2n1. The van der Waals surface area contributed by atoms with Gasteiger partial charge in [0.05, 0.1) is 23.0 Å². The standard InChI is InChI=1S/C31H34FN5O5S/c1-22-18-24(28-4-2-3-5-29(28)33-22)21-42-26-10-12-27(13-11-26)43(40,41)35-30(19-31(38)34-39)37-16-14-36(15-17-37)20-23-6-8-25(32)9-7-23/h2-13,18,30,35,39H,14-17,19-21H2,1H3,(H,34,38)/t30-/m1/s1. The van der Waals surface area contributed by atoms with Crippen molar-refractivity contribution < 1.29 is 27.5 Å².